The second-order valence-electron chi connectivity index (χ2n) is 7.34. The van der Waals surface area contributed by atoms with Crippen LogP contribution in [0.25, 0.3) is 16.9 Å². The molecule has 0 saturated carbocycles. The van der Waals surface area contributed by atoms with Crippen molar-refractivity contribution < 1.29 is 9.53 Å². The van der Waals surface area contributed by atoms with Gasteiger partial charge in [-0.05, 0) is 49.6 Å². The van der Waals surface area contributed by atoms with E-state index in [1.807, 2.05) is 65.7 Å². The summed E-state index contributed by atoms with van der Waals surface area (Å²) in [5, 5.41) is 4.78. The summed E-state index contributed by atoms with van der Waals surface area (Å²) in [5.74, 6) is 1.20. The van der Waals surface area contributed by atoms with Crippen molar-refractivity contribution in [3.05, 3.63) is 66.4 Å². The number of nitrogens with zero attached hydrogens (tertiary/aromatic N) is 3. The van der Waals surface area contributed by atoms with E-state index in [4.69, 9.17) is 15.6 Å². The predicted molar refractivity (Wildman–Crippen MR) is 113 cm³/mol. The molecule has 2 aromatic carbocycles. The standard InChI is InChI=1S/C23H26N4O2/c1-29-21-10-6-5-9-19(21)22-20(16-27(25-22)18-7-3-2-4-8-18)23(28)26-13-11-17(15-24)12-14-26/h2-10,16-17H,11-15,24H2,1H3. The van der Waals surface area contributed by atoms with Gasteiger partial charge in [0.1, 0.15) is 11.4 Å². The first kappa shape index (κ1) is 19.2. The van der Waals surface area contributed by atoms with Gasteiger partial charge in [-0.15, -0.1) is 0 Å². The van der Waals surface area contributed by atoms with Crippen LogP contribution in [0, 0.1) is 5.92 Å². The second kappa shape index (κ2) is 8.49. The van der Waals surface area contributed by atoms with Crippen molar-refractivity contribution in [2.75, 3.05) is 26.7 Å². The Bertz CT molecular complexity index is 976. The highest BCUT2D eigenvalue weighted by atomic mass is 16.5. The van der Waals surface area contributed by atoms with E-state index in [-0.39, 0.29) is 5.91 Å². The average Bonchev–Trinajstić information content (AvgIpc) is 3.24. The third kappa shape index (κ3) is 3.89. The summed E-state index contributed by atoms with van der Waals surface area (Å²) >= 11 is 0. The van der Waals surface area contributed by atoms with Gasteiger partial charge in [0.15, 0.2) is 0 Å². The monoisotopic (exact) mass is 390 g/mol. The molecule has 2 N–H and O–H groups in total. The number of ether oxygens (including phenoxy) is 1. The molecule has 0 bridgehead atoms. The van der Waals surface area contributed by atoms with Crippen LogP contribution < -0.4 is 10.5 Å². The van der Waals surface area contributed by atoms with E-state index in [0.717, 1.165) is 37.2 Å². The van der Waals surface area contributed by atoms with Crippen molar-refractivity contribution in [1.82, 2.24) is 14.7 Å². The molecule has 0 spiro atoms. The van der Waals surface area contributed by atoms with Gasteiger partial charge in [0.05, 0.1) is 18.4 Å². The fourth-order valence-electron chi connectivity index (χ4n) is 3.82. The van der Waals surface area contributed by atoms with Gasteiger partial charge in [-0.25, -0.2) is 4.68 Å². The number of benzene rings is 2. The SMILES string of the molecule is COc1ccccc1-c1nn(-c2ccccc2)cc1C(=O)N1CCC(CN)CC1. The lowest BCUT2D eigenvalue weighted by molar-refractivity contribution is 0.0694. The summed E-state index contributed by atoms with van der Waals surface area (Å²) in [5.41, 5.74) is 8.75. The molecular formula is C23H26N4O2. The molecule has 1 saturated heterocycles. The smallest absolute Gasteiger partial charge is 0.257 e. The topological polar surface area (TPSA) is 73.4 Å². The summed E-state index contributed by atoms with van der Waals surface area (Å²) in [6.07, 6.45) is 3.71. The van der Waals surface area contributed by atoms with Crippen LogP contribution in [0.2, 0.25) is 0 Å². The quantitative estimate of drug-likeness (QED) is 0.725. The number of carbonyl (C=O) groups is 1. The van der Waals surface area contributed by atoms with Crippen molar-refractivity contribution in [2.45, 2.75) is 12.8 Å². The molecule has 0 atom stereocenters. The van der Waals surface area contributed by atoms with E-state index in [0.29, 0.717) is 29.5 Å². The number of para-hydroxylation sites is 2. The molecule has 0 radical (unpaired) electrons. The lowest BCUT2D eigenvalue weighted by Gasteiger charge is -2.31. The number of piperidine rings is 1. The molecule has 1 amide bonds. The Morgan fingerprint density at radius 2 is 1.79 bits per heavy atom. The first-order valence-corrected chi connectivity index (χ1v) is 9.99. The van der Waals surface area contributed by atoms with Crippen LogP contribution in [0.4, 0.5) is 0 Å². The number of amides is 1. The lowest BCUT2D eigenvalue weighted by Crippen LogP contribution is -2.40. The number of aromatic nitrogens is 2. The zero-order chi connectivity index (χ0) is 20.2. The van der Waals surface area contributed by atoms with Crippen molar-refractivity contribution in [3.8, 4) is 22.7 Å². The van der Waals surface area contributed by atoms with Gasteiger partial charge in [-0.1, -0.05) is 30.3 Å². The summed E-state index contributed by atoms with van der Waals surface area (Å²) in [6.45, 7) is 2.13. The Kier molecular flexibility index (Phi) is 5.62. The van der Waals surface area contributed by atoms with Gasteiger partial charge in [-0.2, -0.15) is 5.10 Å². The Morgan fingerprint density at radius 1 is 1.10 bits per heavy atom. The highest BCUT2D eigenvalue weighted by Gasteiger charge is 2.28. The van der Waals surface area contributed by atoms with E-state index in [1.54, 1.807) is 11.8 Å². The first-order chi connectivity index (χ1) is 14.2. The number of carbonyl (C=O) groups excluding carboxylic acids is 1. The van der Waals surface area contributed by atoms with E-state index in [9.17, 15) is 4.79 Å². The first-order valence-electron chi connectivity index (χ1n) is 9.99. The minimum absolute atomic E-state index is 0.00330. The molecule has 1 aliphatic rings. The molecule has 1 aromatic heterocycles. The molecule has 6 nitrogen and oxygen atoms in total. The van der Waals surface area contributed by atoms with Crippen LogP contribution in [-0.4, -0.2) is 47.3 Å². The van der Waals surface area contributed by atoms with Crippen LogP contribution in [-0.2, 0) is 0 Å². The molecular weight excluding hydrogens is 364 g/mol. The second-order valence-corrected chi connectivity index (χ2v) is 7.34. The molecule has 2 heterocycles. The van der Waals surface area contributed by atoms with Gasteiger partial charge in [0.25, 0.3) is 5.91 Å². The Hall–Kier alpha value is -3.12. The van der Waals surface area contributed by atoms with Crippen molar-refractivity contribution in [1.29, 1.82) is 0 Å². The number of rotatable bonds is 5. The highest BCUT2D eigenvalue weighted by Crippen LogP contribution is 2.33. The molecule has 1 fully saturated rings. The van der Waals surface area contributed by atoms with Crippen molar-refractivity contribution >= 4 is 5.91 Å². The number of nitrogens with two attached hydrogens (primary N) is 1. The highest BCUT2D eigenvalue weighted by molar-refractivity contribution is 6.00. The van der Waals surface area contributed by atoms with Crippen LogP contribution in [0.1, 0.15) is 23.2 Å². The summed E-state index contributed by atoms with van der Waals surface area (Å²) in [6, 6.07) is 17.5. The van der Waals surface area contributed by atoms with Crippen LogP contribution in [0.3, 0.4) is 0 Å². The molecule has 1 aliphatic heterocycles. The predicted octanol–water partition coefficient (Wildman–Crippen LogP) is 3.36. The van der Waals surface area contributed by atoms with E-state index in [1.165, 1.54) is 0 Å². The third-order valence-electron chi connectivity index (χ3n) is 5.56. The number of methoxy groups -OCH3 is 1. The average molecular weight is 390 g/mol. The maximum atomic E-state index is 13.4. The third-order valence-corrected chi connectivity index (χ3v) is 5.56. The molecule has 0 unspecified atom stereocenters. The minimum atomic E-state index is 0.00330. The zero-order valence-electron chi connectivity index (χ0n) is 16.6. The van der Waals surface area contributed by atoms with Crippen LogP contribution in [0.15, 0.2) is 60.8 Å². The van der Waals surface area contributed by atoms with Crippen molar-refractivity contribution in [2.24, 2.45) is 11.7 Å². The summed E-state index contributed by atoms with van der Waals surface area (Å²) < 4.78 is 7.30. The lowest BCUT2D eigenvalue weighted by atomic mass is 9.96. The van der Waals surface area contributed by atoms with E-state index >= 15 is 0 Å². The Labute approximate surface area is 170 Å². The number of hydrogen-bond acceptors (Lipinski definition) is 4. The largest absolute Gasteiger partial charge is 0.496 e. The van der Waals surface area contributed by atoms with Gasteiger partial charge >= 0.3 is 0 Å². The fourth-order valence-corrected chi connectivity index (χ4v) is 3.82. The molecule has 6 heteroatoms. The number of likely N-dealkylation sites (tertiary alicyclic amines) is 1. The van der Waals surface area contributed by atoms with E-state index < -0.39 is 0 Å². The maximum absolute atomic E-state index is 13.4. The maximum Gasteiger partial charge on any atom is 0.257 e. The molecule has 0 aliphatic carbocycles. The Balaban J connectivity index is 1.75. The van der Waals surface area contributed by atoms with Crippen molar-refractivity contribution in [3.63, 3.8) is 0 Å². The molecule has 3 aromatic rings. The van der Waals surface area contributed by atoms with Gasteiger partial charge in [-0.3, -0.25) is 4.79 Å². The van der Waals surface area contributed by atoms with Crippen LogP contribution >= 0.6 is 0 Å². The van der Waals surface area contributed by atoms with Gasteiger partial charge in [0.2, 0.25) is 0 Å². The normalized spacial score (nSPS) is 14.8. The summed E-state index contributed by atoms with van der Waals surface area (Å²) in [4.78, 5) is 15.3. The molecule has 29 heavy (non-hydrogen) atoms. The number of hydrogen-bond donors (Lipinski definition) is 1. The molecule has 4 rings (SSSR count). The minimum Gasteiger partial charge on any atom is -0.496 e. The van der Waals surface area contributed by atoms with Crippen LogP contribution in [0.5, 0.6) is 5.75 Å². The molecule has 150 valence electrons. The fraction of sp³-hybridized carbons (Fsp3) is 0.304. The zero-order valence-corrected chi connectivity index (χ0v) is 16.6. The van der Waals surface area contributed by atoms with Gasteiger partial charge in [0, 0.05) is 24.8 Å². The Morgan fingerprint density at radius 3 is 2.48 bits per heavy atom. The van der Waals surface area contributed by atoms with Gasteiger partial charge < -0.3 is 15.4 Å². The van der Waals surface area contributed by atoms with E-state index in [2.05, 4.69) is 0 Å². The summed E-state index contributed by atoms with van der Waals surface area (Å²) in [7, 11) is 1.63.